The highest BCUT2D eigenvalue weighted by atomic mass is 16.3. The Balaban J connectivity index is 1.61. The predicted octanol–water partition coefficient (Wildman–Crippen LogP) is 9.65. The van der Waals surface area contributed by atoms with Crippen LogP contribution >= 0.6 is 0 Å². The lowest BCUT2D eigenvalue weighted by Crippen LogP contribution is -2.07. The number of furan rings is 1. The Morgan fingerprint density at radius 3 is 1.62 bits per heavy atom. The molecular formula is C41H24N6O. The lowest BCUT2D eigenvalue weighted by Gasteiger charge is -2.26. The lowest BCUT2D eigenvalue weighted by molar-refractivity contribution is 0.645. The molecule has 0 bridgehead atoms. The first-order chi connectivity index (χ1) is 23.8. The molecule has 0 spiro atoms. The summed E-state index contributed by atoms with van der Waals surface area (Å²) in [7, 11) is 0. The van der Waals surface area contributed by atoms with Crippen LogP contribution in [-0.4, -0.2) is 24.5 Å². The number of rotatable bonds is 5. The van der Waals surface area contributed by atoms with Crippen LogP contribution in [0.15, 0.2) is 151 Å². The van der Waals surface area contributed by atoms with Crippen molar-refractivity contribution in [3.05, 3.63) is 152 Å². The van der Waals surface area contributed by atoms with Crippen molar-refractivity contribution in [1.82, 2.24) is 24.5 Å². The van der Waals surface area contributed by atoms with Gasteiger partial charge in [0.05, 0.1) is 22.2 Å². The predicted molar refractivity (Wildman–Crippen MR) is 188 cm³/mol. The monoisotopic (exact) mass is 616 g/mol. The Hall–Kier alpha value is -6.91. The summed E-state index contributed by atoms with van der Waals surface area (Å²) in [6.45, 7) is 0. The second-order valence-electron chi connectivity index (χ2n) is 11.4. The van der Waals surface area contributed by atoms with Gasteiger partial charge in [-0.3, -0.25) is 24.5 Å². The van der Waals surface area contributed by atoms with Gasteiger partial charge in [0.1, 0.15) is 11.7 Å². The quantitative estimate of drug-likeness (QED) is 0.191. The molecule has 0 aliphatic rings. The van der Waals surface area contributed by atoms with Gasteiger partial charge in [-0.1, -0.05) is 60.7 Å². The molecule has 0 amide bonds. The largest absolute Gasteiger partial charge is 0.439 e. The SMILES string of the molecule is N#Cc1c(-c2cccnc2)c(-c2cccnc2)c(-c2cccnc2)c(-n2c3ccccc3c3c4ccccc4oc32)c1-c1cccnc1. The van der Waals surface area contributed by atoms with Crippen molar-refractivity contribution in [3.8, 4) is 56.3 Å². The third-order valence-corrected chi connectivity index (χ3v) is 8.80. The lowest BCUT2D eigenvalue weighted by atomic mass is 9.80. The van der Waals surface area contributed by atoms with E-state index in [4.69, 9.17) is 4.42 Å². The topological polar surface area (TPSA) is 93.4 Å². The number of hydrogen-bond acceptors (Lipinski definition) is 6. The van der Waals surface area contributed by atoms with Gasteiger partial charge in [-0.05, 0) is 36.4 Å². The number of para-hydroxylation sites is 2. The molecule has 0 aliphatic carbocycles. The maximum absolute atomic E-state index is 11.3. The van der Waals surface area contributed by atoms with Crippen LogP contribution in [-0.2, 0) is 0 Å². The molecule has 0 unspecified atom stereocenters. The van der Waals surface area contributed by atoms with Gasteiger partial charge in [0.2, 0.25) is 5.71 Å². The minimum Gasteiger partial charge on any atom is -0.439 e. The number of nitrogens with zero attached hydrogens (tertiary/aromatic N) is 6. The van der Waals surface area contributed by atoms with Gasteiger partial charge in [0.25, 0.3) is 0 Å². The summed E-state index contributed by atoms with van der Waals surface area (Å²) >= 11 is 0. The summed E-state index contributed by atoms with van der Waals surface area (Å²) in [6.07, 6.45) is 14.3. The molecule has 9 rings (SSSR count). The minimum atomic E-state index is 0.486. The average molecular weight is 617 g/mol. The molecule has 3 aromatic carbocycles. The maximum atomic E-state index is 11.3. The van der Waals surface area contributed by atoms with E-state index in [-0.39, 0.29) is 0 Å². The molecule has 0 saturated carbocycles. The molecule has 7 heteroatoms. The first kappa shape index (κ1) is 27.4. The van der Waals surface area contributed by atoms with Crippen LogP contribution in [0.3, 0.4) is 0 Å². The average Bonchev–Trinajstić information content (AvgIpc) is 3.70. The number of nitriles is 1. The van der Waals surface area contributed by atoms with E-state index in [0.717, 1.165) is 77.5 Å². The zero-order valence-electron chi connectivity index (χ0n) is 25.4. The molecule has 0 fully saturated rings. The van der Waals surface area contributed by atoms with Crippen LogP contribution in [0.25, 0.3) is 83.2 Å². The van der Waals surface area contributed by atoms with E-state index in [1.54, 1.807) is 31.0 Å². The molecule has 0 atom stereocenters. The molecule has 0 saturated heterocycles. The smallest absolute Gasteiger partial charge is 0.213 e. The van der Waals surface area contributed by atoms with Gasteiger partial charge < -0.3 is 4.42 Å². The van der Waals surface area contributed by atoms with Crippen molar-refractivity contribution in [2.75, 3.05) is 0 Å². The number of hydrogen-bond donors (Lipinski definition) is 0. The summed E-state index contributed by atoms with van der Waals surface area (Å²) in [5.41, 5.74) is 10.2. The van der Waals surface area contributed by atoms with E-state index in [2.05, 4.69) is 54.8 Å². The molecular weight excluding hydrogens is 592 g/mol. The highest BCUT2D eigenvalue weighted by Gasteiger charge is 2.31. The van der Waals surface area contributed by atoms with Crippen molar-refractivity contribution in [3.63, 3.8) is 0 Å². The van der Waals surface area contributed by atoms with Crippen LogP contribution in [0.5, 0.6) is 0 Å². The molecule has 6 aromatic heterocycles. The van der Waals surface area contributed by atoms with Crippen molar-refractivity contribution in [2.45, 2.75) is 0 Å². The van der Waals surface area contributed by atoms with Crippen LogP contribution in [0.4, 0.5) is 0 Å². The summed E-state index contributed by atoms with van der Waals surface area (Å²) < 4.78 is 8.93. The Morgan fingerprint density at radius 1 is 0.521 bits per heavy atom. The Morgan fingerprint density at radius 2 is 1.04 bits per heavy atom. The second-order valence-corrected chi connectivity index (χ2v) is 11.4. The molecule has 224 valence electrons. The van der Waals surface area contributed by atoms with Crippen LogP contribution in [0.2, 0.25) is 0 Å². The Bertz CT molecular complexity index is 2660. The van der Waals surface area contributed by atoms with Crippen molar-refractivity contribution in [2.24, 2.45) is 0 Å². The maximum Gasteiger partial charge on any atom is 0.213 e. The van der Waals surface area contributed by atoms with Crippen molar-refractivity contribution in [1.29, 1.82) is 5.26 Å². The number of aromatic nitrogens is 5. The van der Waals surface area contributed by atoms with Gasteiger partial charge in [-0.15, -0.1) is 0 Å². The van der Waals surface area contributed by atoms with E-state index in [1.807, 2.05) is 91.4 Å². The van der Waals surface area contributed by atoms with Gasteiger partial charge in [0.15, 0.2) is 0 Å². The first-order valence-corrected chi connectivity index (χ1v) is 15.5. The standard InChI is InChI=1S/C41H24N6O/c42-21-32-35(26-9-5-17-43-22-26)37(28-11-7-19-45-24-28)38(29-12-8-20-46-25-29)40(36(32)27-10-6-18-44-23-27)47-33-15-3-1-13-30(33)39-31-14-2-4-16-34(31)48-41(39)47/h1-20,22-25H. The second kappa shape index (κ2) is 11.2. The molecule has 0 radical (unpaired) electrons. The van der Waals surface area contributed by atoms with Gasteiger partial charge in [-0.2, -0.15) is 5.26 Å². The first-order valence-electron chi connectivity index (χ1n) is 15.5. The molecule has 0 N–H and O–H groups in total. The normalized spacial score (nSPS) is 11.3. The van der Waals surface area contributed by atoms with E-state index in [9.17, 15) is 5.26 Å². The highest BCUT2D eigenvalue weighted by Crippen LogP contribution is 2.52. The highest BCUT2D eigenvalue weighted by molar-refractivity contribution is 6.21. The van der Waals surface area contributed by atoms with Crippen LogP contribution in [0, 0.1) is 11.3 Å². The zero-order valence-corrected chi connectivity index (χ0v) is 25.4. The summed E-state index contributed by atoms with van der Waals surface area (Å²) in [6, 6.07) is 34.8. The van der Waals surface area contributed by atoms with E-state index < -0.39 is 0 Å². The molecule has 0 aliphatic heterocycles. The number of fused-ring (bicyclic) bond motifs is 5. The van der Waals surface area contributed by atoms with Gasteiger partial charge in [-0.25, -0.2) is 0 Å². The number of benzene rings is 3. The number of pyridine rings is 4. The molecule has 9 aromatic rings. The summed E-state index contributed by atoms with van der Waals surface area (Å²) in [5, 5.41) is 14.3. The third kappa shape index (κ3) is 4.14. The fourth-order valence-electron chi connectivity index (χ4n) is 6.92. The fourth-order valence-corrected chi connectivity index (χ4v) is 6.92. The Labute approximate surface area is 275 Å². The third-order valence-electron chi connectivity index (χ3n) is 8.80. The summed E-state index contributed by atoms with van der Waals surface area (Å²) in [5.74, 6) is 0. The van der Waals surface area contributed by atoms with Crippen LogP contribution < -0.4 is 0 Å². The van der Waals surface area contributed by atoms with Crippen LogP contribution in [0.1, 0.15) is 5.56 Å². The molecule has 7 nitrogen and oxygen atoms in total. The van der Waals surface area contributed by atoms with Gasteiger partial charge in [0, 0.05) is 105 Å². The van der Waals surface area contributed by atoms with Gasteiger partial charge >= 0.3 is 0 Å². The fraction of sp³-hybridized carbons (Fsp3) is 0. The van der Waals surface area contributed by atoms with E-state index in [1.165, 1.54) is 0 Å². The zero-order chi connectivity index (χ0) is 32.0. The molecule has 6 heterocycles. The Kier molecular flexibility index (Phi) is 6.37. The minimum absolute atomic E-state index is 0.486. The van der Waals surface area contributed by atoms with E-state index in [0.29, 0.717) is 11.3 Å². The van der Waals surface area contributed by atoms with Crippen molar-refractivity contribution < 1.29 is 4.42 Å². The van der Waals surface area contributed by atoms with Crippen molar-refractivity contribution >= 4 is 33.0 Å². The molecule has 48 heavy (non-hydrogen) atoms. The summed E-state index contributed by atoms with van der Waals surface area (Å²) in [4.78, 5) is 18.1. The van der Waals surface area contributed by atoms with E-state index >= 15 is 0 Å².